The van der Waals surface area contributed by atoms with Crippen molar-refractivity contribution in [2.24, 2.45) is 5.92 Å². The van der Waals surface area contributed by atoms with Crippen molar-refractivity contribution >= 4 is 0 Å². The normalized spacial score (nSPS) is 23.6. The molecule has 1 saturated heterocycles. The number of aliphatic hydroxyl groups excluding tert-OH is 1. The van der Waals surface area contributed by atoms with Crippen LogP contribution in [-0.2, 0) is 0 Å². The highest BCUT2D eigenvalue weighted by Crippen LogP contribution is 2.18. The Bertz CT molecular complexity index is 177. The van der Waals surface area contributed by atoms with Crippen LogP contribution in [0.1, 0.15) is 33.6 Å². The minimum absolute atomic E-state index is 0.226. The Hall–Kier alpha value is -0.120. The van der Waals surface area contributed by atoms with Gasteiger partial charge in [-0.2, -0.15) is 0 Å². The summed E-state index contributed by atoms with van der Waals surface area (Å²) in [7, 11) is 0. The summed E-state index contributed by atoms with van der Waals surface area (Å²) in [4.78, 5) is 2.50. The summed E-state index contributed by atoms with van der Waals surface area (Å²) in [5.41, 5.74) is 0.226. The molecule has 3 nitrogen and oxygen atoms in total. The predicted molar refractivity (Wildman–Crippen MR) is 64.0 cm³/mol. The Balaban J connectivity index is 2.09. The van der Waals surface area contributed by atoms with Gasteiger partial charge >= 0.3 is 0 Å². The minimum Gasteiger partial charge on any atom is -0.396 e. The van der Waals surface area contributed by atoms with Gasteiger partial charge in [0.15, 0.2) is 0 Å². The molecule has 2 N–H and O–H groups in total. The predicted octanol–water partition coefficient (Wildman–Crippen LogP) is 1.08. The fourth-order valence-corrected chi connectivity index (χ4v) is 2.12. The lowest BCUT2D eigenvalue weighted by Gasteiger charge is -2.23. The van der Waals surface area contributed by atoms with Crippen LogP contribution in [0.15, 0.2) is 0 Å². The Morgan fingerprint density at radius 2 is 2.13 bits per heavy atom. The summed E-state index contributed by atoms with van der Waals surface area (Å²) in [6, 6.07) is 0. The van der Waals surface area contributed by atoms with Gasteiger partial charge in [-0.25, -0.2) is 0 Å². The molecule has 0 aliphatic carbocycles. The first-order valence-corrected chi connectivity index (χ1v) is 6.09. The largest absolute Gasteiger partial charge is 0.396 e. The highest BCUT2D eigenvalue weighted by molar-refractivity contribution is 4.77. The number of hydrogen-bond donors (Lipinski definition) is 2. The molecule has 3 heteroatoms. The van der Waals surface area contributed by atoms with Crippen LogP contribution in [0, 0.1) is 5.92 Å². The summed E-state index contributed by atoms with van der Waals surface area (Å²) >= 11 is 0. The number of nitrogens with zero attached hydrogens (tertiary/aromatic N) is 1. The van der Waals surface area contributed by atoms with E-state index in [-0.39, 0.29) is 5.54 Å². The van der Waals surface area contributed by atoms with Crippen LogP contribution in [0.25, 0.3) is 0 Å². The molecule has 0 bridgehead atoms. The minimum atomic E-state index is 0.226. The number of aliphatic hydroxyl groups is 1. The van der Waals surface area contributed by atoms with Gasteiger partial charge in [-0.15, -0.1) is 0 Å². The van der Waals surface area contributed by atoms with Gasteiger partial charge in [0, 0.05) is 31.8 Å². The molecule has 1 unspecified atom stereocenters. The molecular formula is C12H26N2O. The lowest BCUT2D eigenvalue weighted by molar-refractivity contribution is 0.249. The first-order chi connectivity index (χ1) is 7.01. The van der Waals surface area contributed by atoms with E-state index in [9.17, 15) is 0 Å². The van der Waals surface area contributed by atoms with Gasteiger partial charge in [0.25, 0.3) is 0 Å². The maximum absolute atomic E-state index is 8.86. The second kappa shape index (κ2) is 5.83. The number of likely N-dealkylation sites (tertiary alicyclic amines) is 1. The van der Waals surface area contributed by atoms with Crippen molar-refractivity contribution in [2.75, 3.05) is 32.8 Å². The summed E-state index contributed by atoms with van der Waals surface area (Å²) in [6.45, 7) is 11.5. The van der Waals surface area contributed by atoms with E-state index < -0.39 is 0 Å². The lowest BCUT2D eigenvalue weighted by atomic mass is 10.1. The van der Waals surface area contributed by atoms with Crippen molar-refractivity contribution in [3.8, 4) is 0 Å². The zero-order valence-corrected chi connectivity index (χ0v) is 10.4. The fourth-order valence-electron chi connectivity index (χ4n) is 2.12. The molecule has 15 heavy (non-hydrogen) atoms. The molecule has 1 aliphatic heterocycles. The van der Waals surface area contributed by atoms with Gasteiger partial charge in [0.2, 0.25) is 0 Å². The van der Waals surface area contributed by atoms with Crippen molar-refractivity contribution in [3.63, 3.8) is 0 Å². The molecular weight excluding hydrogens is 188 g/mol. The highest BCUT2D eigenvalue weighted by Gasteiger charge is 2.21. The van der Waals surface area contributed by atoms with Gasteiger partial charge in [-0.05, 0) is 46.1 Å². The Labute approximate surface area is 93.9 Å². The number of rotatable bonds is 5. The topological polar surface area (TPSA) is 35.5 Å². The van der Waals surface area contributed by atoms with Gasteiger partial charge in [0.1, 0.15) is 0 Å². The number of hydrogen-bond acceptors (Lipinski definition) is 3. The van der Waals surface area contributed by atoms with Crippen LogP contribution in [0.2, 0.25) is 0 Å². The van der Waals surface area contributed by atoms with Gasteiger partial charge in [-0.3, -0.25) is 0 Å². The maximum Gasteiger partial charge on any atom is 0.0434 e. The van der Waals surface area contributed by atoms with Crippen LogP contribution < -0.4 is 5.32 Å². The van der Waals surface area contributed by atoms with E-state index in [4.69, 9.17) is 5.11 Å². The fraction of sp³-hybridized carbons (Fsp3) is 1.00. The van der Waals surface area contributed by atoms with E-state index >= 15 is 0 Å². The molecule has 0 spiro atoms. The smallest absolute Gasteiger partial charge is 0.0434 e. The van der Waals surface area contributed by atoms with E-state index in [1.54, 1.807) is 0 Å². The molecule has 0 aromatic heterocycles. The Kier molecular flexibility index (Phi) is 5.03. The standard InChI is InChI=1S/C12H26N2O/c1-12(2,3)13-6-8-14-7-4-11(10-14)5-9-15/h11,13,15H,4-10H2,1-3H3. The van der Waals surface area contributed by atoms with Crippen LogP contribution >= 0.6 is 0 Å². The second-order valence-corrected chi connectivity index (χ2v) is 5.64. The molecule has 1 rings (SSSR count). The van der Waals surface area contributed by atoms with Gasteiger partial charge in [0.05, 0.1) is 0 Å². The third-order valence-corrected chi connectivity index (χ3v) is 2.99. The summed E-state index contributed by atoms with van der Waals surface area (Å²) in [6.07, 6.45) is 2.24. The van der Waals surface area contributed by atoms with E-state index in [0.717, 1.165) is 25.4 Å². The van der Waals surface area contributed by atoms with Crippen LogP contribution in [0.4, 0.5) is 0 Å². The maximum atomic E-state index is 8.86. The SMILES string of the molecule is CC(C)(C)NCCN1CCC(CCO)C1. The monoisotopic (exact) mass is 214 g/mol. The molecule has 90 valence electrons. The van der Waals surface area contributed by atoms with Gasteiger partial charge < -0.3 is 15.3 Å². The molecule has 0 aromatic rings. The van der Waals surface area contributed by atoms with Crippen molar-refractivity contribution in [1.82, 2.24) is 10.2 Å². The molecule has 1 aliphatic rings. The average Bonchev–Trinajstić information content (AvgIpc) is 2.51. The molecule has 0 saturated carbocycles. The van der Waals surface area contributed by atoms with Crippen LogP contribution in [0.5, 0.6) is 0 Å². The van der Waals surface area contributed by atoms with Crippen molar-refractivity contribution in [3.05, 3.63) is 0 Å². The van der Waals surface area contributed by atoms with Crippen LogP contribution in [0.3, 0.4) is 0 Å². The molecule has 1 fully saturated rings. The summed E-state index contributed by atoms with van der Waals surface area (Å²) < 4.78 is 0. The van der Waals surface area contributed by atoms with E-state index in [1.807, 2.05) is 0 Å². The Morgan fingerprint density at radius 3 is 2.73 bits per heavy atom. The third kappa shape index (κ3) is 5.50. The van der Waals surface area contributed by atoms with Crippen molar-refractivity contribution < 1.29 is 5.11 Å². The van der Waals surface area contributed by atoms with E-state index in [0.29, 0.717) is 6.61 Å². The zero-order valence-electron chi connectivity index (χ0n) is 10.4. The molecule has 1 atom stereocenters. The quantitative estimate of drug-likeness (QED) is 0.719. The Morgan fingerprint density at radius 1 is 1.40 bits per heavy atom. The van der Waals surface area contributed by atoms with Gasteiger partial charge in [-0.1, -0.05) is 0 Å². The van der Waals surface area contributed by atoms with Crippen LogP contribution in [-0.4, -0.2) is 48.3 Å². The highest BCUT2D eigenvalue weighted by atomic mass is 16.3. The second-order valence-electron chi connectivity index (χ2n) is 5.64. The zero-order chi connectivity index (χ0) is 11.3. The van der Waals surface area contributed by atoms with E-state index in [1.165, 1.54) is 19.5 Å². The summed E-state index contributed by atoms with van der Waals surface area (Å²) in [5, 5.41) is 12.4. The molecule has 1 heterocycles. The molecule has 0 radical (unpaired) electrons. The third-order valence-electron chi connectivity index (χ3n) is 2.99. The number of nitrogens with one attached hydrogen (secondary N) is 1. The summed E-state index contributed by atoms with van der Waals surface area (Å²) in [5.74, 6) is 0.727. The average molecular weight is 214 g/mol. The molecule has 0 aromatic carbocycles. The lowest BCUT2D eigenvalue weighted by Crippen LogP contribution is -2.40. The van der Waals surface area contributed by atoms with Crippen molar-refractivity contribution in [2.45, 2.75) is 39.2 Å². The first-order valence-electron chi connectivity index (χ1n) is 6.09. The first kappa shape index (κ1) is 12.9. The molecule has 0 amide bonds. The van der Waals surface area contributed by atoms with E-state index in [2.05, 4.69) is 31.0 Å². The van der Waals surface area contributed by atoms with Crippen molar-refractivity contribution in [1.29, 1.82) is 0 Å².